The van der Waals surface area contributed by atoms with E-state index in [-0.39, 0.29) is 12.4 Å². The van der Waals surface area contributed by atoms with Crippen molar-refractivity contribution in [2.75, 3.05) is 26.9 Å². The number of nitrogens with zero attached hydrogens (tertiary/aromatic N) is 1. The van der Waals surface area contributed by atoms with E-state index in [1.54, 1.807) is 0 Å². The Morgan fingerprint density at radius 3 is 3.05 bits per heavy atom. The molecule has 112 valence electrons. The molecule has 2 heterocycles. The van der Waals surface area contributed by atoms with Crippen molar-refractivity contribution in [2.45, 2.75) is 25.4 Å². The molecule has 2 aliphatic heterocycles. The first-order valence-corrected chi connectivity index (χ1v) is 7.53. The van der Waals surface area contributed by atoms with E-state index in [4.69, 9.17) is 9.47 Å². The number of hydrogen-bond acceptors (Lipinski definition) is 4. The van der Waals surface area contributed by atoms with Gasteiger partial charge in [-0.1, -0.05) is 0 Å². The molecule has 0 bridgehead atoms. The third kappa shape index (κ3) is 3.39. The summed E-state index contributed by atoms with van der Waals surface area (Å²) in [6.07, 6.45) is 2.54. The highest BCUT2D eigenvalue weighted by Gasteiger charge is 2.21. The molecule has 1 aromatic carbocycles. The number of benzene rings is 1. The number of rotatable bonds is 3. The topological polar surface area (TPSA) is 33.7 Å². The summed E-state index contributed by atoms with van der Waals surface area (Å²) < 4.78 is 11.9. The Balaban J connectivity index is 0.00000147. The largest absolute Gasteiger partial charge is 0.454 e. The summed E-state index contributed by atoms with van der Waals surface area (Å²) in [5, 5.41) is 3.38. The van der Waals surface area contributed by atoms with E-state index in [1.807, 2.05) is 7.05 Å². The van der Waals surface area contributed by atoms with Crippen LogP contribution in [0.25, 0.3) is 0 Å². The number of piperidine rings is 1. The molecular formula is C14H20BrClN2O2. The van der Waals surface area contributed by atoms with Gasteiger partial charge in [0.1, 0.15) is 0 Å². The molecule has 1 unspecified atom stereocenters. The van der Waals surface area contributed by atoms with Crippen LogP contribution in [0.4, 0.5) is 0 Å². The van der Waals surface area contributed by atoms with Crippen LogP contribution in [0.2, 0.25) is 0 Å². The van der Waals surface area contributed by atoms with Gasteiger partial charge in [0, 0.05) is 19.1 Å². The fraction of sp³-hybridized carbons (Fsp3) is 0.571. The lowest BCUT2D eigenvalue weighted by Crippen LogP contribution is -2.43. The van der Waals surface area contributed by atoms with E-state index in [9.17, 15) is 0 Å². The zero-order valence-electron chi connectivity index (χ0n) is 11.5. The van der Waals surface area contributed by atoms with Crippen LogP contribution in [-0.4, -0.2) is 37.9 Å². The zero-order valence-corrected chi connectivity index (χ0v) is 13.9. The quantitative estimate of drug-likeness (QED) is 0.895. The van der Waals surface area contributed by atoms with Crippen molar-refractivity contribution in [3.8, 4) is 11.5 Å². The van der Waals surface area contributed by atoms with E-state index in [0.29, 0.717) is 12.8 Å². The van der Waals surface area contributed by atoms with Crippen LogP contribution in [0.5, 0.6) is 11.5 Å². The van der Waals surface area contributed by atoms with Crippen LogP contribution in [0.3, 0.4) is 0 Å². The Bertz CT molecular complexity index is 473. The van der Waals surface area contributed by atoms with Crippen LogP contribution in [-0.2, 0) is 6.54 Å². The minimum absolute atomic E-state index is 0. The highest BCUT2D eigenvalue weighted by molar-refractivity contribution is 9.10. The van der Waals surface area contributed by atoms with E-state index >= 15 is 0 Å². The van der Waals surface area contributed by atoms with Crippen molar-refractivity contribution >= 4 is 28.3 Å². The third-order valence-electron chi connectivity index (χ3n) is 3.81. The molecule has 0 amide bonds. The molecule has 6 heteroatoms. The monoisotopic (exact) mass is 362 g/mol. The van der Waals surface area contributed by atoms with Crippen molar-refractivity contribution in [1.82, 2.24) is 10.2 Å². The Morgan fingerprint density at radius 2 is 2.25 bits per heavy atom. The molecule has 0 aromatic heterocycles. The molecule has 1 atom stereocenters. The predicted octanol–water partition coefficient (Wildman–Crippen LogP) is 2.78. The van der Waals surface area contributed by atoms with Crippen LogP contribution < -0.4 is 14.8 Å². The molecule has 1 N–H and O–H groups in total. The van der Waals surface area contributed by atoms with Gasteiger partial charge in [-0.25, -0.2) is 0 Å². The van der Waals surface area contributed by atoms with Gasteiger partial charge in [0.15, 0.2) is 11.5 Å². The number of ether oxygens (including phenoxy) is 2. The molecule has 1 aromatic rings. The fourth-order valence-electron chi connectivity index (χ4n) is 2.81. The standard InChI is InChI=1S/C14H19BrN2O2.ClH/c1-16-11-3-2-4-17(8-11)7-10-5-12(15)14-13(6-10)18-9-19-14;/h5-6,11,16H,2-4,7-9H2,1H3;1H. The summed E-state index contributed by atoms with van der Waals surface area (Å²) in [6.45, 7) is 3.57. The summed E-state index contributed by atoms with van der Waals surface area (Å²) in [5.74, 6) is 1.68. The number of hydrogen-bond donors (Lipinski definition) is 1. The van der Waals surface area contributed by atoms with Crippen LogP contribution >= 0.6 is 28.3 Å². The second kappa shape index (κ2) is 6.98. The molecule has 0 radical (unpaired) electrons. The van der Waals surface area contributed by atoms with Crippen molar-refractivity contribution in [3.05, 3.63) is 22.2 Å². The first kappa shape index (κ1) is 15.9. The number of nitrogens with one attached hydrogen (secondary N) is 1. The zero-order chi connectivity index (χ0) is 13.2. The highest BCUT2D eigenvalue weighted by Crippen LogP contribution is 2.40. The minimum atomic E-state index is 0. The van der Waals surface area contributed by atoms with Gasteiger partial charge >= 0.3 is 0 Å². The average Bonchev–Trinajstić information content (AvgIpc) is 2.88. The SMILES string of the molecule is CNC1CCCN(Cc2cc(Br)c3c(c2)OCO3)C1.Cl. The van der Waals surface area contributed by atoms with Gasteiger partial charge < -0.3 is 14.8 Å². The summed E-state index contributed by atoms with van der Waals surface area (Å²) in [4.78, 5) is 2.49. The first-order chi connectivity index (χ1) is 9.26. The van der Waals surface area contributed by atoms with Gasteiger partial charge in [0.25, 0.3) is 0 Å². The van der Waals surface area contributed by atoms with E-state index in [1.165, 1.54) is 24.9 Å². The number of likely N-dealkylation sites (tertiary alicyclic amines) is 1. The van der Waals surface area contributed by atoms with Crippen molar-refractivity contribution in [2.24, 2.45) is 0 Å². The lowest BCUT2D eigenvalue weighted by molar-refractivity contribution is 0.173. The molecule has 1 fully saturated rings. The van der Waals surface area contributed by atoms with Gasteiger partial charge in [-0.3, -0.25) is 4.90 Å². The van der Waals surface area contributed by atoms with E-state index in [2.05, 4.69) is 38.3 Å². The van der Waals surface area contributed by atoms with Gasteiger partial charge in [-0.15, -0.1) is 12.4 Å². The maximum absolute atomic E-state index is 5.47. The minimum Gasteiger partial charge on any atom is -0.454 e. The maximum atomic E-state index is 5.47. The highest BCUT2D eigenvalue weighted by atomic mass is 79.9. The molecular weight excluding hydrogens is 344 g/mol. The summed E-state index contributed by atoms with van der Waals surface area (Å²) in [7, 11) is 2.05. The molecule has 3 rings (SSSR count). The fourth-order valence-corrected chi connectivity index (χ4v) is 3.41. The lowest BCUT2D eigenvalue weighted by Gasteiger charge is -2.32. The van der Waals surface area contributed by atoms with E-state index in [0.717, 1.165) is 29.1 Å². The normalized spacial score (nSPS) is 21.6. The van der Waals surface area contributed by atoms with Crippen LogP contribution in [0.15, 0.2) is 16.6 Å². The average molecular weight is 364 g/mol. The van der Waals surface area contributed by atoms with Gasteiger partial charge in [-0.05, 0) is 60.1 Å². The summed E-state index contributed by atoms with van der Waals surface area (Å²) in [5.41, 5.74) is 1.27. The van der Waals surface area contributed by atoms with Crippen LogP contribution in [0.1, 0.15) is 18.4 Å². The van der Waals surface area contributed by atoms with Gasteiger partial charge in [0.05, 0.1) is 4.47 Å². The Kier molecular flexibility index (Phi) is 5.55. The van der Waals surface area contributed by atoms with Gasteiger partial charge in [0.2, 0.25) is 6.79 Å². The molecule has 4 nitrogen and oxygen atoms in total. The van der Waals surface area contributed by atoms with Gasteiger partial charge in [-0.2, -0.15) is 0 Å². The van der Waals surface area contributed by atoms with Crippen molar-refractivity contribution in [1.29, 1.82) is 0 Å². The molecule has 1 saturated heterocycles. The van der Waals surface area contributed by atoms with E-state index < -0.39 is 0 Å². The summed E-state index contributed by atoms with van der Waals surface area (Å²) in [6, 6.07) is 4.85. The molecule has 0 aliphatic carbocycles. The van der Waals surface area contributed by atoms with Crippen molar-refractivity contribution in [3.63, 3.8) is 0 Å². The molecule has 0 saturated carbocycles. The Hall–Kier alpha value is -0.490. The molecule has 2 aliphatic rings. The number of fused-ring (bicyclic) bond motifs is 1. The van der Waals surface area contributed by atoms with Crippen molar-refractivity contribution < 1.29 is 9.47 Å². The second-order valence-electron chi connectivity index (χ2n) is 5.17. The number of likely N-dealkylation sites (N-methyl/N-ethyl adjacent to an activating group) is 1. The first-order valence-electron chi connectivity index (χ1n) is 6.74. The predicted molar refractivity (Wildman–Crippen MR) is 84.9 cm³/mol. The molecule has 0 spiro atoms. The Labute approximate surface area is 134 Å². The smallest absolute Gasteiger partial charge is 0.231 e. The summed E-state index contributed by atoms with van der Waals surface area (Å²) >= 11 is 3.55. The second-order valence-corrected chi connectivity index (χ2v) is 6.03. The Morgan fingerprint density at radius 1 is 1.40 bits per heavy atom. The van der Waals surface area contributed by atoms with Crippen LogP contribution in [0, 0.1) is 0 Å². The molecule has 20 heavy (non-hydrogen) atoms. The maximum Gasteiger partial charge on any atom is 0.231 e. The third-order valence-corrected chi connectivity index (χ3v) is 4.40. The lowest BCUT2D eigenvalue weighted by atomic mass is 10.0. The number of halogens is 2.